The number of hydrogen-bond donors (Lipinski definition) is 1. The number of fused-ring (bicyclic) bond motifs is 1. The van der Waals surface area contributed by atoms with Gasteiger partial charge in [0.25, 0.3) is 0 Å². The summed E-state index contributed by atoms with van der Waals surface area (Å²) in [6.07, 6.45) is 0. The van der Waals surface area contributed by atoms with E-state index in [9.17, 15) is 18.0 Å². The van der Waals surface area contributed by atoms with Crippen molar-refractivity contribution < 1.29 is 18.0 Å². The molecule has 0 radical (unpaired) electrons. The summed E-state index contributed by atoms with van der Waals surface area (Å²) in [5.41, 5.74) is 0.579. The van der Waals surface area contributed by atoms with Crippen LogP contribution in [0.1, 0.15) is 6.92 Å². The largest absolute Gasteiger partial charge is 0.335 e. The molecule has 2 atom stereocenters. The van der Waals surface area contributed by atoms with Gasteiger partial charge in [-0.1, -0.05) is 11.6 Å². The van der Waals surface area contributed by atoms with E-state index in [0.29, 0.717) is 23.8 Å². The highest BCUT2D eigenvalue weighted by molar-refractivity contribution is 7.91. The smallest absolute Gasteiger partial charge is 0.322 e. The number of nitrogens with zero attached hydrogens (tertiary/aromatic N) is 2. The van der Waals surface area contributed by atoms with Crippen molar-refractivity contribution in [2.24, 2.45) is 0 Å². The third kappa shape index (κ3) is 3.34. The van der Waals surface area contributed by atoms with Crippen molar-refractivity contribution in [2.75, 3.05) is 29.9 Å². The van der Waals surface area contributed by atoms with Gasteiger partial charge in [0.2, 0.25) is 5.91 Å². The molecule has 1 aromatic carbocycles. The molecule has 130 valence electrons. The maximum atomic E-state index is 12.6. The Hall–Kier alpha value is -1.80. The van der Waals surface area contributed by atoms with Crippen molar-refractivity contribution in [3.63, 3.8) is 0 Å². The molecule has 2 saturated heterocycles. The van der Waals surface area contributed by atoms with Gasteiger partial charge in [0, 0.05) is 30.7 Å². The molecule has 0 aliphatic carbocycles. The van der Waals surface area contributed by atoms with Gasteiger partial charge in [-0.25, -0.2) is 13.2 Å². The van der Waals surface area contributed by atoms with Crippen LogP contribution in [-0.4, -0.2) is 66.8 Å². The van der Waals surface area contributed by atoms with E-state index in [-0.39, 0.29) is 23.4 Å². The second kappa shape index (κ2) is 6.25. The maximum absolute atomic E-state index is 12.6. The zero-order valence-corrected chi connectivity index (χ0v) is 14.7. The Morgan fingerprint density at radius 3 is 2.21 bits per heavy atom. The third-order valence-corrected chi connectivity index (χ3v) is 6.39. The molecule has 0 bridgehead atoms. The number of amides is 3. The molecule has 3 rings (SSSR count). The second-order valence-corrected chi connectivity index (χ2v) is 8.64. The van der Waals surface area contributed by atoms with Crippen molar-refractivity contribution in [1.82, 2.24) is 9.80 Å². The molecule has 2 aliphatic heterocycles. The number of urea groups is 1. The minimum Gasteiger partial charge on any atom is -0.335 e. The van der Waals surface area contributed by atoms with Crippen LogP contribution in [0.5, 0.6) is 0 Å². The Labute approximate surface area is 145 Å². The van der Waals surface area contributed by atoms with Crippen LogP contribution < -0.4 is 5.32 Å². The fourth-order valence-corrected chi connectivity index (χ4v) is 5.43. The zero-order valence-electron chi connectivity index (χ0n) is 13.1. The van der Waals surface area contributed by atoms with Crippen LogP contribution in [0.3, 0.4) is 0 Å². The van der Waals surface area contributed by atoms with E-state index in [4.69, 9.17) is 11.6 Å². The number of halogens is 1. The van der Waals surface area contributed by atoms with E-state index >= 15 is 0 Å². The molecule has 0 saturated carbocycles. The van der Waals surface area contributed by atoms with Crippen molar-refractivity contribution >= 4 is 39.1 Å². The highest BCUT2D eigenvalue weighted by Crippen LogP contribution is 2.27. The highest BCUT2D eigenvalue weighted by atomic mass is 35.5. The van der Waals surface area contributed by atoms with Crippen molar-refractivity contribution in [1.29, 1.82) is 0 Å². The van der Waals surface area contributed by atoms with E-state index < -0.39 is 21.9 Å². The van der Waals surface area contributed by atoms with Gasteiger partial charge in [-0.05, 0) is 24.3 Å². The van der Waals surface area contributed by atoms with Crippen LogP contribution in [0.2, 0.25) is 5.02 Å². The lowest BCUT2D eigenvalue weighted by molar-refractivity contribution is -0.133. The van der Waals surface area contributed by atoms with Gasteiger partial charge in [-0.15, -0.1) is 0 Å². The normalized spacial score (nSPS) is 25.2. The summed E-state index contributed by atoms with van der Waals surface area (Å²) in [5.74, 6) is -0.378. The van der Waals surface area contributed by atoms with Gasteiger partial charge >= 0.3 is 6.03 Å². The molecule has 2 aliphatic rings. The van der Waals surface area contributed by atoms with E-state index in [1.165, 1.54) is 11.8 Å². The molecule has 2 fully saturated rings. The van der Waals surface area contributed by atoms with Crippen LogP contribution in [0.4, 0.5) is 10.5 Å². The number of carbonyl (C=O) groups is 2. The number of carbonyl (C=O) groups excluding carboxylic acids is 2. The van der Waals surface area contributed by atoms with Gasteiger partial charge in [-0.2, -0.15) is 0 Å². The monoisotopic (exact) mass is 371 g/mol. The first-order chi connectivity index (χ1) is 11.3. The van der Waals surface area contributed by atoms with Gasteiger partial charge in [0.1, 0.15) is 0 Å². The Kier molecular flexibility index (Phi) is 4.44. The van der Waals surface area contributed by atoms with E-state index in [0.717, 1.165) is 0 Å². The molecule has 0 unspecified atom stereocenters. The molecule has 1 N–H and O–H groups in total. The van der Waals surface area contributed by atoms with E-state index in [1.54, 1.807) is 29.2 Å². The quantitative estimate of drug-likeness (QED) is 0.803. The Balaban J connectivity index is 1.79. The predicted molar refractivity (Wildman–Crippen MR) is 90.8 cm³/mol. The summed E-state index contributed by atoms with van der Waals surface area (Å²) in [6.45, 7) is 2.06. The summed E-state index contributed by atoms with van der Waals surface area (Å²) in [4.78, 5) is 27.4. The van der Waals surface area contributed by atoms with E-state index in [2.05, 4.69) is 5.32 Å². The van der Waals surface area contributed by atoms with Gasteiger partial charge in [0.05, 0.1) is 23.6 Å². The topological polar surface area (TPSA) is 86.8 Å². The van der Waals surface area contributed by atoms with Gasteiger partial charge < -0.3 is 15.1 Å². The first-order valence-electron chi connectivity index (χ1n) is 7.58. The van der Waals surface area contributed by atoms with E-state index in [1.807, 2.05) is 0 Å². The first kappa shape index (κ1) is 17.0. The van der Waals surface area contributed by atoms with Crippen molar-refractivity contribution in [3.8, 4) is 0 Å². The number of rotatable bonds is 1. The summed E-state index contributed by atoms with van der Waals surface area (Å²) in [7, 11) is -3.27. The molecule has 1 aromatic rings. The summed E-state index contributed by atoms with van der Waals surface area (Å²) in [5, 5.41) is 3.31. The molecule has 3 amide bonds. The number of anilines is 1. The Morgan fingerprint density at radius 2 is 1.62 bits per heavy atom. The van der Waals surface area contributed by atoms with Crippen LogP contribution in [-0.2, 0) is 14.6 Å². The average Bonchev–Trinajstić information content (AvgIpc) is 2.82. The summed E-state index contributed by atoms with van der Waals surface area (Å²) in [6, 6.07) is 5.32. The molecule has 0 aromatic heterocycles. The fourth-order valence-electron chi connectivity index (χ4n) is 3.32. The summed E-state index contributed by atoms with van der Waals surface area (Å²) < 4.78 is 24.0. The molecule has 7 nitrogen and oxygen atoms in total. The lowest BCUT2D eigenvalue weighted by atomic mass is 10.1. The number of benzene rings is 1. The van der Waals surface area contributed by atoms with Crippen molar-refractivity contribution in [3.05, 3.63) is 29.3 Å². The van der Waals surface area contributed by atoms with Crippen LogP contribution in [0, 0.1) is 0 Å². The minimum atomic E-state index is -3.27. The average molecular weight is 372 g/mol. The van der Waals surface area contributed by atoms with Crippen LogP contribution in [0.25, 0.3) is 0 Å². The molecule has 9 heteroatoms. The van der Waals surface area contributed by atoms with Crippen molar-refractivity contribution in [2.45, 2.75) is 19.0 Å². The lowest BCUT2D eigenvalue weighted by Crippen LogP contribution is -2.62. The summed E-state index contributed by atoms with van der Waals surface area (Å²) >= 11 is 5.82. The maximum Gasteiger partial charge on any atom is 0.322 e. The molecular formula is C15H18ClN3O4S. The van der Waals surface area contributed by atoms with Gasteiger partial charge in [-0.3, -0.25) is 4.79 Å². The van der Waals surface area contributed by atoms with Gasteiger partial charge in [0.15, 0.2) is 9.84 Å². The fraction of sp³-hybridized carbons (Fsp3) is 0.467. The Bertz CT molecular complexity index is 765. The number of sulfone groups is 1. The zero-order chi connectivity index (χ0) is 17.5. The second-order valence-electron chi connectivity index (χ2n) is 6.05. The molecule has 2 heterocycles. The first-order valence-corrected chi connectivity index (χ1v) is 9.77. The molecular weight excluding hydrogens is 354 g/mol. The van der Waals surface area contributed by atoms with Crippen LogP contribution >= 0.6 is 11.6 Å². The van der Waals surface area contributed by atoms with Crippen LogP contribution in [0.15, 0.2) is 24.3 Å². The predicted octanol–water partition coefficient (Wildman–Crippen LogP) is 1.20. The lowest BCUT2D eigenvalue weighted by Gasteiger charge is -2.43. The minimum absolute atomic E-state index is 0.0953. The number of piperazine rings is 1. The Morgan fingerprint density at radius 1 is 1.08 bits per heavy atom. The third-order valence-electron chi connectivity index (χ3n) is 4.44. The highest BCUT2D eigenvalue weighted by Gasteiger charge is 2.48. The SMILES string of the molecule is CC(=O)N1CCN(C(=O)Nc2ccc(Cl)cc2)[C@@H]2CS(=O)(=O)C[C@@H]21. The number of hydrogen-bond acceptors (Lipinski definition) is 4. The molecule has 24 heavy (non-hydrogen) atoms. The molecule has 0 spiro atoms. The number of nitrogens with one attached hydrogen (secondary N) is 1. The standard InChI is InChI=1S/C15H18ClN3O4S/c1-10(20)18-6-7-19(14-9-24(22,23)8-13(14)18)15(21)17-12-4-2-11(16)3-5-12/h2-5,13-14H,6-9H2,1H3,(H,17,21)/t13-,14+/m0/s1.